The Morgan fingerprint density at radius 2 is 1.88 bits per heavy atom. The Hall–Kier alpha value is -3.22. The lowest BCUT2D eigenvalue weighted by Gasteiger charge is -2.55. The van der Waals surface area contributed by atoms with Crippen LogP contribution < -0.4 is 15.5 Å². The van der Waals surface area contributed by atoms with Crippen molar-refractivity contribution in [3.63, 3.8) is 0 Å². The summed E-state index contributed by atoms with van der Waals surface area (Å²) in [4.78, 5) is 24.7. The number of hydrogen-bond acceptors (Lipinski definition) is 8. The molecule has 214 valence electrons. The van der Waals surface area contributed by atoms with Crippen LogP contribution in [0.4, 0.5) is 16.3 Å². The van der Waals surface area contributed by atoms with Gasteiger partial charge in [0, 0.05) is 23.9 Å². The van der Waals surface area contributed by atoms with E-state index in [1.807, 2.05) is 36.4 Å². The number of morpholine rings is 1. The fourth-order valence-electron chi connectivity index (χ4n) is 5.17. The highest BCUT2D eigenvalue weighted by Crippen LogP contribution is 2.71. The van der Waals surface area contributed by atoms with Gasteiger partial charge in [-0.15, -0.1) is 0 Å². The molecule has 11 heteroatoms. The zero-order valence-corrected chi connectivity index (χ0v) is 23.6. The smallest absolute Gasteiger partial charge is 0.319 e. The lowest BCUT2D eigenvalue weighted by atomic mass is 9.81. The molecule has 1 saturated heterocycles. The fraction of sp³-hybridized carbons (Fsp3) is 0.414. The highest BCUT2D eigenvalue weighted by Gasteiger charge is 2.52. The zero-order chi connectivity index (χ0) is 28.3. The first-order valence-electron chi connectivity index (χ1n) is 13.6. The van der Waals surface area contributed by atoms with Crippen molar-refractivity contribution >= 4 is 28.1 Å². The van der Waals surface area contributed by atoms with Gasteiger partial charge in [0.05, 0.1) is 42.5 Å². The van der Waals surface area contributed by atoms with Gasteiger partial charge >= 0.3 is 6.03 Å². The summed E-state index contributed by atoms with van der Waals surface area (Å²) in [6.45, 7) is 5.48. The summed E-state index contributed by atoms with van der Waals surface area (Å²) >= 11 is 0. The molecule has 0 spiro atoms. The molecule has 0 bridgehead atoms. The monoisotopic (exact) mass is 567 g/mol. The maximum Gasteiger partial charge on any atom is 0.319 e. The predicted molar refractivity (Wildman–Crippen MR) is 157 cm³/mol. The number of carbonyl (C=O) groups is 1. The van der Waals surface area contributed by atoms with Gasteiger partial charge in [-0.1, -0.05) is 18.2 Å². The number of nitrogens with zero attached hydrogens (tertiary/aromatic N) is 3. The van der Waals surface area contributed by atoms with Crippen LogP contribution in [0.3, 0.4) is 0 Å². The average Bonchev–Trinajstić information content (AvgIpc) is 2.93. The normalized spacial score (nSPS) is 19.8. The number of aliphatic hydroxyl groups is 1. The van der Waals surface area contributed by atoms with Gasteiger partial charge in [0.25, 0.3) is 0 Å². The number of rotatable bonds is 8. The van der Waals surface area contributed by atoms with E-state index in [0.717, 1.165) is 17.8 Å². The molecule has 5 N–H and O–H groups in total. The van der Waals surface area contributed by atoms with Crippen molar-refractivity contribution < 1.29 is 23.7 Å². The molecule has 1 saturated carbocycles. The number of aliphatic hydroxyl groups excluding tert-OH is 1. The maximum absolute atomic E-state index is 12.2. The third-order valence-electron chi connectivity index (χ3n) is 7.67. The quantitative estimate of drug-likeness (QED) is 0.255. The van der Waals surface area contributed by atoms with Gasteiger partial charge in [-0.3, -0.25) is 9.11 Å². The lowest BCUT2D eigenvalue weighted by molar-refractivity contribution is 0.0985. The SMILES string of the molecule is C[C@H](CO)NC(=O)Nc1ccc(-c2nc(N3CCOC[C@@H]3C)cc(C3(S(O)(O)c4ccccc4)CCC3)n2)cc1. The van der Waals surface area contributed by atoms with Crippen LogP contribution in [0.15, 0.2) is 65.6 Å². The molecule has 2 heterocycles. The molecule has 0 unspecified atom stereocenters. The summed E-state index contributed by atoms with van der Waals surface area (Å²) < 4.78 is 28.2. The predicted octanol–water partition coefficient (Wildman–Crippen LogP) is 5.06. The standard InChI is InChI=1S/C29H37N5O5S/c1-20(18-35)30-28(36)31-23-11-9-22(10-12-23)27-32-25(17-26(33-27)34-15-16-39-19-21(34)2)29(13-6-14-29)40(37,38)24-7-4-3-5-8-24/h3-5,7-12,17,20-21,35,37-38H,6,13-16,18-19H2,1-2H3,(H2,30,31,36)/t20-,21+/m1/s1. The largest absolute Gasteiger partial charge is 0.394 e. The Balaban J connectivity index is 1.53. The van der Waals surface area contributed by atoms with E-state index >= 15 is 0 Å². The van der Waals surface area contributed by atoms with E-state index in [4.69, 9.17) is 19.8 Å². The van der Waals surface area contributed by atoms with Crippen LogP contribution in [0.5, 0.6) is 0 Å². The molecule has 2 amide bonds. The molecule has 0 radical (unpaired) electrons. The fourth-order valence-corrected chi connectivity index (χ4v) is 7.41. The highest BCUT2D eigenvalue weighted by atomic mass is 32.3. The zero-order valence-electron chi connectivity index (χ0n) is 22.8. The molecular formula is C29H37N5O5S. The molecule has 2 aliphatic rings. The van der Waals surface area contributed by atoms with Gasteiger partial charge < -0.3 is 25.4 Å². The van der Waals surface area contributed by atoms with Crippen LogP contribution in [0, 0.1) is 0 Å². The molecule has 5 rings (SSSR count). The summed E-state index contributed by atoms with van der Waals surface area (Å²) in [6, 6.07) is 17.5. The van der Waals surface area contributed by atoms with Crippen molar-refractivity contribution in [2.45, 2.75) is 54.8 Å². The summed E-state index contributed by atoms with van der Waals surface area (Å²) in [5.74, 6) is 1.20. The number of carbonyl (C=O) groups excluding carboxylic acids is 1. The second kappa shape index (κ2) is 11.7. The van der Waals surface area contributed by atoms with Crippen LogP contribution in [0.1, 0.15) is 38.8 Å². The van der Waals surface area contributed by atoms with E-state index in [-0.39, 0.29) is 18.7 Å². The van der Waals surface area contributed by atoms with Gasteiger partial charge in [-0.05, 0) is 69.5 Å². The van der Waals surface area contributed by atoms with Crippen molar-refractivity contribution in [1.82, 2.24) is 15.3 Å². The summed E-state index contributed by atoms with van der Waals surface area (Å²) in [5, 5.41) is 14.6. The molecule has 2 atom stereocenters. The first-order valence-corrected chi connectivity index (χ1v) is 15.1. The van der Waals surface area contributed by atoms with E-state index in [0.29, 0.717) is 54.7 Å². The van der Waals surface area contributed by atoms with Gasteiger partial charge in [0.2, 0.25) is 0 Å². The van der Waals surface area contributed by atoms with Crippen molar-refractivity contribution in [1.29, 1.82) is 0 Å². The first-order chi connectivity index (χ1) is 19.2. The second-order valence-corrected chi connectivity index (χ2v) is 12.9. The number of ether oxygens (including phenoxy) is 1. The van der Waals surface area contributed by atoms with Gasteiger partial charge in [-0.25, -0.2) is 14.8 Å². The number of hydrogen-bond donors (Lipinski definition) is 5. The van der Waals surface area contributed by atoms with Crippen LogP contribution >= 0.6 is 10.6 Å². The number of amides is 2. The molecule has 2 aromatic carbocycles. The van der Waals surface area contributed by atoms with Crippen molar-refractivity contribution in [2.75, 3.05) is 36.6 Å². The van der Waals surface area contributed by atoms with Crippen molar-refractivity contribution in [2.24, 2.45) is 0 Å². The second-order valence-electron chi connectivity index (χ2n) is 10.5. The third kappa shape index (κ3) is 5.52. The molecule has 1 aromatic heterocycles. The topological polar surface area (TPSA) is 140 Å². The summed E-state index contributed by atoms with van der Waals surface area (Å²) in [6.07, 6.45) is 2.11. The Morgan fingerprint density at radius 3 is 2.50 bits per heavy atom. The Bertz CT molecular complexity index is 1320. The van der Waals surface area contributed by atoms with Crippen molar-refractivity contribution in [3.05, 3.63) is 66.4 Å². The van der Waals surface area contributed by atoms with Crippen molar-refractivity contribution in [3.8, 4) is 11.4 Å². The summed E-state index contributed by atoms with van der Waals surface area (Å²) in [5.41, 5.74) is 1.95. The van der Waals surface area contributed by atoms with Gasteiger partial charge in [0.15, 0.2) is 5.82 Å². The third-order valence-corrected chi connectivity index (χ3v) is 10.3. The Labute approximate surface area is 236 Å². The minimum Gasteiger partial charge on any atom is -0.394 e. The molecule has 1 aliphatic heterocycles. The number of urea groups is 1. The van der Waals surface area contributed by atoms with E-state index in [2.05, 4.69) is 22.5 Å². The summed E-state index contributed by atoms with van der Waals surface area (Å²) in [7, 11) is -3.22. The molecule has 3 aromatic rings. The van der Waals surface area contributed by atoms with Crippen LogP contribution in [0.2, 0.25) is 0 Å². The van der Waals surface area contributed by atoms with E-state index in [1.165, 1.54) is 0 Å². The number of aromatic nitrogens is 2. The molecular weight excluding hydrogens is 530 g/mol. The van der Waals surface area contributed by atoms with Gasteiger partial charge in [0.1, 0.15) is 10.6 Å². The molecule has 1 aliphatic carbocycles. The van der Waals surface area contributed by atoms with E-state index in [1.54, 1.807) is 31.2 Å². The maximum atomic E-state index is 12.2. The van der Waals surface area contributed by atoms with E-state index in [9.17, 15) is 13.9 Å². The number of benzene rings is 2. The van der Waals surface area contributed by atoms with Crippen LogP contribution in [-0.4, -0.2) is 68.7 Å². The molecule has 10 nitrogen and oxygen atoms in total. The number of nitrogens with one attached hydrogen (secondary N) is 2. The lowest BCUT2D eigenvalue weighted by Crippen LogP contribution is -2.45. The van der Waals surface area contributed by atoms with Gasteiger partial charge in [-0.2, -0.15) is 10.6 Å². The number of anilines is 2. The highest BCUT2D eigenvalue weighted by molar-refractivity contribution is 8.25. The minimum absolute atomic E-state index is 0.0996. The first kappa shape index (κ1) is 28.3. The Morgan fingerprint density at radius 1 is 1.15 bits per heavy atom. The molecule has 40 heavy (non-hydrogen) atoms. The van der Waals surface area contributed by atoms with E-state index < -0.39 is 21.4 Å². The average molecular weight is 568 g/mol. The minimum atomic E-state index is -3.22. The Kier molecular flexibility index (Phi) is 8.29. The van der Waals surface area contributed by atoms with Crippen LogP contribution in [0.25, 0.3) is 11.4 Å². The van der Waals surface area contributed by atoms with Crippen LogP contribution in [-0.2, 0) is 9.48 Å². The molecule has 2 fully saturated rings.